The van der Waals surface area contributed by atoms with Crippen LogP contribution in [0, 0.1) is 17.5 Å². The molecule has 2 rings (SSSR count). The number of likely N-dealkylation sites (N-methyl/N-ethyl adjacent to an activating group) is 1. The van der Waals surface area contributed by atoms with Gasteiger partial charge in [-0.2, -0.15) is 4.39 Å². The second-order valence-corrected chi connectivity index (χ2v) is 5.79. The van der Waals surface area contributed by atoms with Gasteiger partial charge in [-0.1, -0.05) is 11.6 Å². The van der Waals surface area contributed by atoms with Gasteiger partial charge in [0.2, 0.25) is 17.2 Å². The molecule has 0 saturated carbocycles. The number of thiophene rings is 1. The number of hydrogen-bond acceptors (Lipinski definition) is 5. The molecular formula is C14H12ClF3N2O3S. The third-order valence-electron chi connectivity index (χ3n) is 3.03. The van der Waals surface area contributed by atoms with Crippen molar-refractivity contribution in [3.8, 4) is 5.88 Å². The first-order valence-corrected chi connectivity index (χ1v) is 7.84. The highest BCUT2D eigenvalue weighted by molar-refractivity contribution is 7.10. The Morgan fingerprint density at radius 3 is 2.71 bits per heavy atom. The number of aromatic nitrogens is 1. The number of halogens is 4. The van der Waals surface area contributed by atoms with Crippen molar-refractivity contribution in [2.75, 3.05) is 14.2 Å². The lowest BCUT2D eigenvalue weighted by molar-refractivity contribution is -0.130. The Hall–Kier alpha value is -1.84. The number of nitrogens with one attached hydrogen (secondary N) is 1. The normalized spacial score (nSPS) is 13.4. The molecule has 0 radical (unpaired) electrons. The minimum Gasteiger partial charge on any atom is -0.451 e. The predicted octanol–water partition coefficient (Wildman–Crippen LogP) is 3.31. The van der Waals surface area contributed by atoms with Crippen LogP contribution in [0.4, 0.5) is 13.2 Å². The number of hydrogen-bond donors (Lipinski definition) is 1. The molecule has 0 aliphatic rings. The first-order valence-electron chi connectivity index (χ1n) is 6.52. The molecule has 5 nitrogen and oxygen atoms in total. The van der Waals surface area contributed by atoms with Gasteiger partial charge >= 0.3 is 0 Å². The minimum absolute atomic E-state index is 0.322. The van der Waals surface area contributed by atoms with Crippen LogP contribution in [0.5, 0.6) is 5.88 Å². The maximum Gasteiger partial charge on any atom is 0.255 e. The molecule has 0 saturated heterocycles. The number of methoxy groups -OCH3 is 1. The number of carbonyl (C=O) groups is 1. The average Bonchev–Trinajstić information content (AvgIpc) is 3.05. The van der Waals surface area contributed by atoms with Crippen LogP contribution in [0.3, 0.4) is 0 Å². The molecule has 0 fully saturated rings. The molecule has 1 N–H and O–H groups in total. The van der Waals surface area contributed by atoms with E-state index in [9.17, 15) is 18.0 Å². The van der Waals surface area contributed by atoms with Gasteiger partial charge in [-0.3, -0.25) is 4.79 Å². The Bertz CT molecular complexity index is 744. The number of ether oxygens (including phenoxy) is 2. The molecular weight excluding hydrogens is 369 g/mol. The number of alkyl halides is 1. The topological polar surface area (TPSA) is 60.5 Å². The summed E-state index contributed by atoms with van der Waals surface area (Å²) in [6.45, 7) is 0. The van der Waals surface area contributed by atoms with E-state index >= 15 is 0 Å². The Kier molecular flexibility index (Phi) is 6.03. The highest BCUT2D eigenvalue weighted by Gasteiger charge is 2.28. The lowest BCUT2D eigenvalue weighted by Gasteiger charge is -2.17. The number of amides is 1. The average molecular weight is 381 g/mol. The van der Waals surface area contributed by atoms with Crippen molar-refractivity contribution in [2.45, 2.75) is 11.7 Å². The molecule has 2 aromatic heterocycles. The van der Waals surface area contributed by atoms with Gasteiger partial charge in [0, 0.05) is 19.7 Å². The van der Waals surface area contributed by atoms with Crippen LogP contribution in [-0.2, 0) is 9.53 Å². The lowest BCUT2D eigenvalue weighted by atomic mass is 10.2. The first-order chi connectivity index (χ1) is 11.4. The van der Waals surface area contributed by atoms with E-state index in [2.05, 4.69) is 10.3 Å². The van der Waals surface area contributed by atoms with E-state index in [4.69, 9.17) is 21.1 Å². The molecule has 24 heavy (non-hydrogen) atoms. The molecule has 10 heteroatoms. The molecule has 0 aromatic carbocycles. The third-order valence-corrected chi connectivity index (χ3v) is 4.33. The van der Waals surface area contributed by atoms with Crippen LogP contribution in [0.15, 0.2) is 17.6 Å². The molecule has 0 spiro atoms. The smallest absolute Gasteiger partial charge is 0.255 e. The van der Waals surface area contributed by atoms with Crippen LogP contribution in [0.25, 0.3) is 0 Å². The SMILES string of the molecule is CNC(=O)C(OC)c1sccc1C(Cl)Oc1ncc(F)c(F)c1F. The van der Waals surface area contributed by atoms with Gasteiger partial charge in [0.15, 0.2) is 11.9 Å². The number of pyridine rings is 1. The van der Waals surface area contributed by atoms with Crippen LogP contribution in [0.1, 0.15) is 22.1 Å². The summed E-state index contributed by atoms with van der Waals surface area (Å²) in [4.78, 5) is 15.6. The van der Waals surface area contributed by atoms with Crippen LogP contribution < -0.4 is 10.1 Å². The number of rotatable bonds is 6. The van der Waals surface area contributed by atoms with E-state index in [1.165, 1.54) is 25.5 Å². The molecule has 2 unspecified atom stereocenters. The second kappa shape index (κ2) is 7.82. The molecule has 1 amide bonds. The molecule has 0 aliphatic carbocycles. The highest BCUT2D eigenvalue weighted by Crippen LogP contribution is 2.36. The minimum atomic E-state index is -1.71. The Labute approximate surface area is 144 Å². The summed E-state index contributed by atoms with van der Waals surface area (Å²) in [6.07, 6.45) is -0.466. The van der Waals surface area contributed by atoms with E-state index in [0.29, 0.717) is 16.6 Å². The standard InChI is InChI=1S/C14H12ClF3N2O3S/c1-19-13(21)10(22-2)11-6(3-4-24-11)12(15)23-14-9(18)8(17)7(16)5-20-14/h3-5,10,12H,1-2H3,(H,19,21). The van der Waals surface area contributed by atoms with Crippen LogP contribution >= 0.6 is 22.9 Å². The van der Waals surface area contributed by atoms with Crippen LogP contribution in [-0.4, -0.2) is 25.0 Å². The zero-order valence-electron chi connectivity index (χ0n) is 12.5. The Balaban J connectivity index is 2.29. The molecule has 2 atom stereocenters. The summed E-state index contributed by atoms with van der Waals surface area (Å²) in [5.74, 6) is -5.95. The lowest BCUT2D eigenvalue weighted by Crippen LogP contribution is -2.27. The van der Waals surface area contributed by atoms with E-state index in [1.807, 2.05) is 0 Å². The van der Waals surface area contributed by atoms with Gasteiger partial charge in [-0.15, -0.1) is 11.3 Å². The highest BCUT2D eigenvalue weighted by atomic mass is 35.5. The largest absolute Gasteiger partial charge is 0.451 e. The predicted molar refractivity (Wildman–Crippen MR) is 81.5 cm³/mol. The fourth-order valence-electron chi connectivity index (χ4n) is 1.87. The molecule has 0 bridgehead atoms. The van der Waals surface area contributed by atoms with Crippen molar-refractivity contribution < 1.29 is 27.4 Å². The third kappa shape index (κ3) is 3.63. The maximum absolute atomic E-state index is 13.6. The van der Waals surface area contributed by atoms with Gasteiger partial charge < -0.3 is 14.8 Å². The summed E-state index contributed by atoms with van der Waals surface area (Å²) in [6, 6.07) is 1.55. The van der Waals surface area contributed by atoms with E-state index in [-0.39, 0.29) is 0 Å². The summed E-state index contributed by atoms with van der Waals surface area (Å²) in [7, 11) is 2.78. The van der Waals surface area contributed by atoms with Crippen molar-refractivity contribution in [1.82, 2.24) is 10.3 Å². The quantitative estimate of drug-likeness (QED) is 0.781. The molecule has 130 valence electrons. The monoisotopic (exact) mass is 380 g/mol. The van der Waals surface area contributed by atoms with Crippen LogP contribution in [0.2, 0.25) is 0 Å². The van der Waals surface area contributed by atoms with Crippen molar-refractivity contribution in [2.24, 2.45) is 0 Å². The summed E-state index contributed by atoms with van der Waals surface area (Å²) < 4.78 is 49.9. The fraction of sp³-hybridized carbons (Fsp3) is 0.286. The number of carbonyl (C=O) groups excluding carboxylic acids is 1. The van der Waals surface area contributed by atoms with Crippen molar-refractivity contribution >= 4 is 28.8 Å². The summed E-state index contributed by atoms with van der Waals surface area (Å²) in [5, 5.41) is 4.07. The zero-order valence-corrected chi connectivity index (χ0v) is 14.1. The van der Waals surface area contributed by atoms with Gasteiger partial charge in [-0.05, 0) is 11.4 Å². The second-order valence-electron chi connectivity index (χ2n) is 4.44. The van der Waals surface area contributed by atoms with Crippen molar-refractivity contribution in [1.29, 1.82) is 0 Å². The van der Waals surface area contributed by atoms with Crippen molar-refractivity contribution in [3.05, 3.63) is 45.5 Å². The summed E-state index contributed by atoms with van der Waals surface area (Å²) >= 11 is 7.25. The molecule has 2 heterocycles. The maximum atomic E-state index is 13.6. The van der Waals surface area contributed by atoms with Gasteiger partial charge in [0.1, 0.15) is 0 Å². The first kappa shape index (κ1) is 18.5. The van der Waals surface area contributed by atoms with E-state index in [1.54, 1.807) is 11.4 Å². The fourth-order valence-corrected chi connectivity index (χ4v) is 3.21. The van der Waals surface area contributed by atoms with E-state index < -0.39 is 40.9 Å². The van der Waals surface area contributed by atoms with Gasteiger partial charge in [0.25, 0.3) is 11.8 Å². The molecule has 2 aromatic rings. The Morgan fingerprint density at radius 2 is 2.08 bits per heavy atom. The zero-order chi connectivity index (χ0) is 17.9. The van der Waals surface area contributed by atoms with Gasteiger partial charge in [0.05, 0.1) is 11.1 Å². The van der Waals surface area contributed by atoms with E-state index in [0.717, 1.165) is 0 Å². The molecule has 0 aliphatic heterocycles. The van der Waals surface area contributed by atoms with Gasteiger partial charge in [-0.25, -0.2) is 13.8 Å². The summed E-state index contributed by atoms with van der Waals surface area (Å²) in [5.41, 5.74) is -0.969. The number of nitrogens with zero attached hydrogens (tertiary/aromatic N) is 1. The van der Waals surface area contributed by atoms with Crippen molar-refractivity contribution in [3.63, 3.8) is 0 Å². The Morgan fingerprint density at radius 1 is 1.38 bits per heavy atom.